The first-order valence-corrected chi connectivity index (χ1v) is 9.63. The third-order valence-electron chi connectivity index (χ3n) is 3.13. The van der Waals surface area contributed by atoms with Gasteiger partial charge in [-0.25, -0.2) is 5.43 Å². The standard InChI is InChI=1S/C17H15Br3N2O4/c1-24-14-4-3-11(18)5-10(14)8-21-22-16(23)9-26-17-13(20)6-12(19)7-15(17)25-2/h3-8H,9H2,1-2H3,(H,22,23)/b21-8-. The molecule has 0 aromatic heterocycles. The molecule has 1 N–H and O–H groups in total. The van der Waals surface area contributed by atoms with Crippen molar-refractivity contribution in [2.75, 3.05) is 20.8 Å². The number of hydrogen-bond acceptors (Lipinski definition) is 5. The quantitative estimate of drug-likeness (QED) is 0.406. The van der Waals surface area contributed by atoms with Crippen LogP contribution in [0.5, 0.6) is 17.2 Å². The van der Waals surface area contributed by atoms with E-state index < -0.39 is 5.91 Å². The maximum atomic E-state index is 12.0. The molecule has 0 atom stereocenters. The summed E-state index contributed by atoms with van der Waals surface area (Å²) in [6, 6.07) is 9.03. The maximum absolute atomic E-state index is 12.0. The number of nitrogens with one attached hydrogen (secondary N) is 1. The highest BCUT2D eigenvalue weighted by molar-refractivity contribution is 9.11. The Morgan fingerprint density at radius 3 is 2.50 bits per heavy atom. The normalized spacial score (nSPS) is 10.7. The Morgan fingerprint density at radius 1 is 1.08 bits per heavy atom. The zero-order valence-electron chi connectivity index (χ0n) is 13.9. The van der Waals surface area contributed by atoms with Crippen molar-refractivity contribution in [2.24, 2.45) is 5.10 Å². The van der Waals surface area contributed by atoms with Crippen LogP contribution in [0.15, 0.2) is 48.9 Å². The van der Waals surface area contributed by atoms with E-state index in [1.807, 2.05) is 12.1 Å². The lowest BCUT2D eigenvalue weighted by molar-refractivity contribution is -0.123. The van der Waals surface area contributed by atoms with Gasteiger partial charge in [0.05, 0.1) is 24.9 Å². The monoisotopic (exact) mass is 548 g/mol. The first kappa shape index (κ1) is 20.7. The fraction of sp³-hybridized carbons (Fsp3) is 0.176. The van der Waals surface area contributed by atoms with Gasteiger partial charge in [0.15, 0.2) is 18.1 Å². The Kier molecular flexibility index (Phi) is 7.92. The van der Waals surface area contributed by atoms with Crippen molar-refractivity contribution in [3.63, 3.8) is 0 Å². The van der Waals surface area contributed by atoms with Gasteiger partial charge in [0.25, 0.3) is 5.91 Å². The molecule has 0 saturated carbocycles. The van der Waals surface area contributed by atoms with Gasteiger partial charge in [-0.2, -0.15) is 5.10 Å². The Bertz CT molecular complexity index is 828. The molecule has 9 heteroatoms. The van der Waals surface area contributed by atoms with Crippen LogP contribution in [0.3, 0.4) is 0 Å². The molecule has 0 aliphatic rings. The average Bonchev–Trinajstić information content (AvgIpc) is 2.60. The smallest absolute Gasteiger partial charge is 0.277 e. The Morgan fingerprint density at radius 2 is 1.81 bits per heavy atom. The first-order chi connectivity index (χ1) is 12.4. The number of methoxy groups -OCH3 is 2. The lowest BCUT2D eigenvalue weighted by Crippen LogP contribution is -2.24. The number of halogens is 3. The maximum Gasteiger partial charge on any atom is 0.277 e. The molecule has 0 heterocycles. The van der Waals surface area contributed by atoms with E-state index in [4.69, 9.17) is 14.2 Å². The van der Waals surface area contributed by atoms with Gasteiger partial charge in [0.1, 0.15) is 5.75 Å². The van der Waals surface area contributed by atoms with E-state index in [0.717, 1.165) is 14.5 Å². The molecule has 0 unspecified atom stereocenters. The van der Waals surface area contributed by atoms with E-state index in [1.165, 1.54) is 13.3 Å². The second kappa shape index (κ2) is 9.94. The number of hydrogen-bond donors (Lipinski definition) is 1. The third-order valence-corrected chi connectivity index (χ3v) is 4.67. The Labute approximate surface area is 176 Å². The average molecular weight is 551 g/mol. The van der Waals surface area contributed by atoms with E-state index >= 15 is 0 Å². The van der Waals surface area contributed by atoms with Crippen molar-refractivity contribution < 1.29 is 19.0 Å². The molecule has 0 fully saturated rings. The second-order valence-corrected chi connectivity index (χ2v) is 7.57. The van der Waals surface area contributed by atoms with Gasteiger partial charge in [-0.3, -0.25) is 4.79 Å². The van der Waals surface area contributed by atoms with Gasteiger partial charge in [0, 0.05) is 14.5 Å². The number of carbonyl (C=O) groups excluding carboxylic acids is 1. The summed E-state index contributed by atoms with van der Waals surface area (Å²) in [5.41, 5.74) is 3.13. The van der Waals surface area contributed by atoms with Crippen LogP contribution in [0.2, 0.25) is 0 Å². The number of rotatable bonds is 7. The minimum Gasteiger partial charge on any atom is -0.496 e. The van der Waals surface area contributed by atoms with Crippen molar-refractivity contribution in [1.29, 1.82) is 0 Å². The van der Waals surface area contributed by atoms with Crippen LogP contribution in [0, 0.1) is 0 Å². The molecule has 2 aromatic carbocycles. The molecule has 2 rings (SSSR count). The van der Waals surface area contributed by atoms with Gasteiger partial charge in [0.2, 0.25) is 0 Å². The van der Waals surface area contributed by atoms with Gasteiger partial charge in [-0.15, -0.1) is 0 Å². The Balaban J connectivity index is 1.97. The van der Waals surface area contributed by atoms with Crippen molar-refractivity contribution in [2.45, 2.75) is 0 Å². The number of carbonyl (C=O) groups is 1. The van der Waals surface area contributed by atoms with E-state index in [1.54, 1.807) is 25.3 Å². The molecule has 0 radical (unpaired) electrons. The third kappa shape index (κ3) is 5.72. The molecule has 0 aliphatic carbocycles. The number of benzene rings is 2. The van der Waals surface area contributed by atoms with Crippen LogP contribution >= 0.6 is 47.8 Å². The predicted octanol–water partition coefficient (Wildman–Crippen LogP) is 4.52. The molecule has 0 bridgehead atoms. The fourth-order valence-electron chi connectivity index (χ4n) is 1.98. The predicted molar refractivity (Wildman–Crippen MR) is 110 cm³/mol. The van der Waals surface area contributed by atoms with Crippen molar-refractivity contribution in [3.05, 3.63) is 49.3 Å². The van der Waals surface area contributed by atoms with Crippen LogP contribution in [-0.2, 0) is 4.79 Å². The summed E-state index contributed by atoms with van der Waals surface area (Å²) in [7, 11) is 3.09. The highest BCUT2D eigenvalue weighted by Gasteiger charge is 2.12. The minimum atomic E-state index is -0.410. The number of ether oxygens (including phenoxy) is 3. The molecular weight excluding hydrogens is 536 g/mol. The number of amides is 1. The molecule has 1 amide bonds. The molecule has 0 spiro atoms. The van der Waals surface area contributed by atoms with Crippen LogP contribution in [0.1, 0.15) is 5.56 Å². The minimum absolute atomic E-state index is 0.219. The SMILES string of the molecule is COc1ccc(Br)cc1/C=N\NC(=O)COc1c(Br)cc(Br)cc1OC. The summed E-state index contributed by atoms with van der Waals surface area (Å²) in [4.78, 5) is 12.0. The van der Waals surface area contributed by atoms with Gasteiger partial charge in [-0.1, -0.05) is 31.9 Å². The first-order valence-electron chi connectivity index (χ1n) is 7.26. The fourth-order valence-corrected chi connectivity index (χ4v) is 3.66. The lowest BCUT2D eigenvalue weighted by Gasteiger charge is -2.12. The number of hydrazone groups is 1. The summed E-state index contributed by atoms with van der Waals surface area (Å²) in [6.45, 7) is -0.219. The van der Waals surface area contributed by atoms with Crippen molar-refractivity contribution in [1.82, 2.24) is 5.43 Å². The van der Waals surface area contributed by atoms with Crippen LogP contribution in [0.25, 0.3) is 0 Å². The molecule has 138 valence electrons. The van der Waals surface area contributed by atoms with E-state index in [0.29, 0.717) is 21.7 Å². The van der Waals surface area contributed by atoms with Crippen molar-refractivity contribution in [3.8, 4) is 17.2 Å². The van der Waals surface area contributed by atoms with E-state index in [2.05, 4.69) is 58.3 Å². The lowest BCUT2D eigenvalue weighted by atomic mass is 10.2. The highest BCUT2D eigenvalue weighted by atomic mass is 79.9. The zero-order chi connectivity index (χ0) is 19.1. The van der Waals surface area contributed by atoms with Crippen molar-refractivity contribution >= 4 is 59.9 Å². The summed E-state index contributed by atoms with van der Waals surface area (Å²) in [5, 5.41) is 3.93. The van der Waals surface area contributed by atoms with Gasteiger partial charge >= 0.3 is 0 Å². The molecule has 0 aliphatic heterocycles. The van der Waals surface area contributed by atoms with Gasteiger partial charge in [-0.05, 0) is 46.3 Å². The van der Waals surface area contributed by atoms with Crippen LogP contribution in [-0.4, -0.2) is 32.9 Å². The molecule has 0 saturated heterocycles. The molecule has 6 nitrogen and oxygen atoms in total. The van der Waals surface area contributed by atoms with E-state index in [-0.39, 0.29) is 6.61 Å². The van der Waals surface area contributed by atoms with Crippen LogP contribution < -0.4 is 19.6 Å². The molecular formula is C17H15Br3N2O4. The topological polar surface area (TPSA) is 69.2 Å². The van der Waals surface area contributed by atoms with Crippen LogP contribution in [0.4, 0.5) is 0 Å². The molecule has 26 heavy (non-hydrogen) atoms. The highest BCUT2D eigenvalue weighted by Crippen LogP contribution is 2.38. The molecule has 2 aromatic rings. The largest absolute Gasteiger partial charge is 0.496 e. The zero-order valence-corrected chi connectivity index (χ0v) is 18.6. The van der Waals surface area contributed by atoms with E-state index in [9.17, 15) is 4.79 Å². The second-order valence-electron chi connectivity index (χ2n) is 4.89. The Hall–Kier alpha value is -1.58. The number of nitrogens with zero attached hydrogens (tertiary/aromatic N) is 1. The summed E-state index contributed by atoms with van der Waals surface area (Å²) in [5.74, 6) is 1.17. The summed E-state index contributed by atoms with van der Waals surface area (Å²) < 4.78 is 18.4. The summed E-state index contributed by atoms with van der Waals surface area (Å²) in [6.07, 6.45) is 1.50. The summed E-state index contributed by atoms with van der Waals surface area (Å²) >= 11 is 10.1. The van der Waals surface area contributed by atoms with Gasteiger partial charge < -0.3 is 14.2 Å².